The first-order chi connectivity index (χ1) is 6.70. The second-order valence-corrected chi connectivity index (χ2v) is 3.55. The second kappa shape index (κ2) is 5.95. The Hall–Kier alpha value is -0.650. The van der Waals surface area contributed by atoms with Gasteiger partial charge in [0.05, 0.1) is 6.10 Å². The summed E-state index contributed by atoms with van der Waals surface area (Å²) in [6.45, 7) is 1.83. The van der Waals surface area contributed by atoms with E-state index in [9.17, 15) is 4.79 Å². The van der Waals surface area contributed by atoms with Gasteiger partial charge in [-0.3, -0.25) is 4.79 Å². The highest BCUT2D eigenvalue weighted by atomic mass is 16.5. The van der Waals surface area contributed by atoms with E-state index in [1.807, 2.05) is 0 Å². The van der Waals surface area contributed by atoms with Crippen molar-refractivity contribution in [3.63, 3.8) is 0 Å². The summed E-state index contributed by atoms with van der Waals surface area (Å²) in [7, 11) is 0. The van der Waals surface area contributed by atoms with Crippen LogP contribution in [-0.4, -0.2) is 42.9 Å². The van der Waals surface area contributed by atoms with Crippen LogP contribution >= 0.6 is 0 Å². The van der Waals surface area contributed by atoms with E-state index < -0.39 is 12.0 Å². The van der Waals surface area contributed by atoms with Crippen LogP contribution in [0.15, 0.2) is 0 Å². The third-order valence-electron chi connectivity index (χ3n) is 2.33. The highest BCUT2D eigenvalue weighted by Gasteiger charge is 2.15. The van der Waals surface area contributed by atoms with Crippen LogP contribution in [0, 0.1) is 0 Å². The van der Waals surface area contributed by atoms with Crippen molar-refractivity contribution in [1.82, 2.24) is 5.32 Å². The Morgan fingerprint density at radius 1 is 1.71 bits per heavy atom. The molecular formula is C9H18N2O3. The number of hydrogen-bond acceptors (Lipinski definition) is 4. The van der Waals surface area contributed by atoms with Crippen molar-refractivity contribution in [3.8, 4) is 0 Å². The lowest BCUT2D eigenvalue weighted by Crippen LogP contribution is -2.38. The highest BCUT2D eigenvalue weighted by Crippen LogP contribution is 2.14. The standard InChI is InChI=1S/C9H18N2O3/c10-9(13)8(12)6-11-4-3-7-2-1-5-14-7/h7-8,11-12H,1-6H2,(H2,10,13). The molecule has 0 spiro atoms. The predicted octanol–water partition coefficient (Wildman–Crippen LogP) is -1.01. The van der Waals surface area contributed by atoms with Crippen molar-refractivity contribution in [2.45, 2.75) is 31.5 Å². The minimum absolute atomic E-state index is 0.224. The Morgan fingerprint density at radius 2 is 2.50 bits per heavy atom. The van der Waals surface area contributed by atoms with Crippen LogP contribution in [0.1, 0.15) is 19.3 Å². The van der Waals surface area contributed by atoms with Crippen molar-refractivity contribution >= 4 is 5.91 Å². The Kier molecular flexibility index (Phi) is 4.86. The quantitative estimate of drug-likeness (QED) is 0.482. The molecule has 5 nitrogen and oxygen atoms in total. The molecule has 2 unspecified atom stereocenters. The molecule has 14 heavy (non-hydrogen) atoms. The van der Waals surface area contributed by atoms with E-state index in [2.05, 4.69) is 5.32 Å². The first kappa shape index (κ1) is 11.4. The minimum atomic E-state index is -1.08. The number of carbonyl (C=O) groups excluding carboxylic acids is 1. The zero-order valence-electron chi connectivity index (χ0n) is 8.24. The molecular weight excluding hydrogens is 184 g/mol. The van der Waals surface area contributed by atoms with Crippen LogP contribution in [0.25, 0.3) is 0 Å². The number of hydrogen-bond donors (Lipinski definition) is 3. The fourth-order valence-electron chi connectivity index (χ4n) is 1.47. The lowest BCUT2D eigenvalue weighted by Gasteiger charge is -2.11. The number of amides is 1. The van der Waals surface area contributed by atoms with E-state index in [1.54, 1.807) is 0 Å². The van der Waals surface area contributed by atoms with E-state index >= 15 is 0 Å². The smallest absolute Gasteiger partial charge is 0.247 e. The van der Waals surface area contributed by atoms with Gasteiger partial charge in [-0.05, 0) is 25.8 Å². The SMILES string of the molecule is NC(=O)C(O)CNCCC1CCCO1. The van der Waals surface area contributed by atoms with Gasteiger partial charge < -0.3 is 20.9 Å². The molecule has 0 aromatic rings. The summed E-state index contributed by atoms with van der Waals surface area (Å²) in [5, 5.41) is 12.0. The average molecular weight is 202 g/mol. The molecule has 0 aliphatic carbocycles. The molecule has 0 radical (unpaired) electrons. The fraction of sp³-hybridized carbons (Fsp3) is 0.889. The summed E-state index contributed by atoms with van der Waals surface area (Å²) >= 11 is 0. The average Bonchev–Trinajstić information content (AvgIpc) is 2.64. The van der Waals surface area contributed by atoms with Gasteiger partial charge in [-0.2, -0.15) is 0 Å². The molecule has 1 aliphatic heterocycles. The van der Waals surface area contributed by atoms with Gasteiger partial charge in [0, 0.05) is 13.2 Å². The first-order valence-corrected chi connectivity index (χ1v) is 5.00. The maximum Gasteiger partial charge on any atom is 0.247 e. The topological polar surface area (TPSA) is 84.6 Å². The summed E-state index contributed by atoms with van der Waals surface area (Å²) in [4.78, 5) is 10.5. The van der Waals surface area contributed by atoms with Crippen molar-refractivity contribution in [2.24, 2.45) is 5.73 Å². The monoisotopic (exact) mass is 202 g/mol. The number of aliphatic hydroxyl groups is 1. The van der Waals surface area contributed by atoms with Gasteiger partial charge in [-0.15, -0.1) is 0 Å². The normalized spacial score (nSPS) is 23.6. The zero-order chi connectivity index (χ0) is 10.4. The predicted molar refractivity (Wildman–Crippen MR) is 51.7 cm³/mol. The van der Waals surface area contributed by atoms with Gasteiger partial charge in [0.25, 0.3) is 0 Å². The van der Waals surface area contributed by atoms with Crippen LogP contribution in [0.4, 0.5) is 0 Å². The molecule has 82 valence electrons. The van der Waals surface area contributed by atoms with Gasteiger partial charge in [0.1, 0.15) is 6.10 Å². The summed E-state index contributed by atoms with van der Waals surface area (Å²) < 4.78 is 5.41. The van der Waals surface area contributed by atoms with Gasteiger partial charge in [0.15, 0.2) is 0 Å². The van der Waals surface area contributed by atoms with E-state index in [0.29, 0.717) is 6.10 Å². The molecule has 0 bridgehead atoms. The maximum absolute atomic E-state index is 10.5. The van der Waals surface area contributed by atoms with Crippen LogP contribution in [0.2, 0.25) is 0 Å². The largest absolute Gasteiger partial charge is 0.382 e. The van der Waals surface area contributed by atoms with Crippen LogP contribution < -0.4 is 11.1 Å². The molecule has 5 heteroatoms. The minimum Gasteiger partial charge on any atom is -0.382 e. The molecule has 1 saturated heterocycles. The lowest BCUT2D eigenvalue weighted by atomic mass is 10.2. The summed E-state index contributed by atoms with van der Waals surface area (Å²) in [5.41, 5.74) is 4.89. The van der Waals surface area contributed by atoms with Gasteiger partial charge in [0.2, 0.25) is 5.91 Å². The number of nitrogens with one attached hydrogen (secondary N) is 1. The third kappa shape index (κ3) is 4.04. The van der Waals surface area contributed by atoms with E-state index in [0.717, 1.165) is 32.4 Å². The molecule has 0 saturated carbocycles. The molecule has 1 aliphatic rings. The van der Waals surface area contributed by atoms with E-state index in [4.69, 9.17) is 15.6 Å². The molecule has 1 amide bonds. The molecule has 0 aromatic carbocycles. The van der Waals surface area contributed by atoms with Crippen molar-refractivity contribution < 1.29 is 14.6 Å². The summed E-state index contributed by atoms with van der Waals surface area (Å²) in [6, 6.07) is 0. The van der Waals surface area contributed by atoms with E-state index in [1.165, 1.54) is 0 Å². The van der Waals surface area contributed by atoms with Crippen molar-refractivity contribution in [3.05, 3.63) is 0 Å². The second-order valence-electron chi connectivity index (χ2n) is 3.55. The molecule has 4 N–H and O–H groups in total. The Balaban J connectivity index is 1.95. The lowest BCUT2D eigenvalue weighted by molar-refractivity contribution is -0.125. The number of aliphatic hydroxyl groups excluding tert-OH is 1. The van der Waals surface area contributed by atoms with Crippen molar-refractivity contribution in [2.75, 3.05) is 19.7 Å². The number of rotatable bonds is 6. The highest BCUT2D eigenvalue weighted by molar-refractivity contribution is 5.78. The van der Waals surface area contributed by atoms with Crippen molar-refractivity contribution in [1.29, 1.82) is 0 Å². The van der Waals surface area contributed by atoms with Crippen LogP contribution in [-0.2, 0) is 9.53 Å². The van der Waals surface area contributed by atoms with Gasteiger partial charge >= 0.3 is 0 Å². The zero-order valence-corrected chi connectivity index (χ0v) is 8.24. The number of carbonyl (C=O) groups is 1. The molecule has 0 aromatic heterocycles. The molecule has 1 fully saturated rings. The molecule has 1 heterocycles. The summed E-state index contributed by atoms with van der Waals surface area (Å²) in [5.74, 6) is -0.686. The number of primary amides is 1. The summed E-state index contributed by atoms with van der Waals surface area (Å²) in [6.07, 6.45) is 2.42. The van der Waals surface area contributed by atoms with Gasteiger partial charge in [-0.1, -0.05) is 0 Å². The van der Waals surface area contributed by atoms with Crippen LogP contribution in [0.3, 0.4) is 0 Å². The molecule has 1 rings (SSSR count). The van der Waals surface area contributed by atoms with Crippen LogP contribution in [0.5, 0.6) is 0 Å². The number of ether oxygens (including phenoxy) is 1. The fourth-order valence-corrected chi connectivity index (χ4v) is 1.47. The van der Waals surface area contributed by atoms with E-state index in [-0.39, 0.29) is 6.54 Å². The maximum atomic E-state index is 10.5. The number of nitrogens with two attached hydrogens (primary N) is 1. The third-order valence-corrected chi connectivity index (χ3v) is 2.33. The molecule has 2 atom stereocenters. The van der Waals surface area contributed by atoms with Gasteiger partial charge in [-0.25, -0.2) is 0 Å². The Bertz CT molecular complexity index is 181. The Morgan fingerprint density at radius 3 is 3.07 bits per heavy atom. The Labute approximate surface area is 83.6 Å². The first-order valence-electron chi connectivity index (χ1n) is 5.00.